The molecule has 0 atom stereocenters. The van der Waals surface area contributed by atoms with E-state index in [1.165, 1.54) is 12.1 Å². The first-order valence-electron chi connectivity index (χ1n) is 7.51. The fraction of sp³-hybridized carbons (Fsp3) is 0.625. The van der Waals surface area contributed by atoms with Gasteiger partial charge in [-0.1, -0.05) is 26.7 Å². The minimum Gasteiger partial charge on any atom is -0.367 e. The van der Waals surface area contributed by atoms with Crippen LogP contribution in [-0.4, -0.2) is 20.1 Å². The molecule has 2 nitrogen and oxygen atoms in total. The minimum absolute atomic E-state index is 0.131. The quantitative estimate of drug-likeness (QED) is 0.734. The molecule has 0 aliphatic carbocycles. The molecule has 0 spiro atoms. The van der Waals surface area contributed by atoms with E-state index in [-0.39, 0.29) is 5.69 Å². The molecule has 0 bridgehead atoms. The summed E-state index contributed by atoms with van der Waals surface area (Å²) in [6, 6.07) is 2.86. The van der Waals surface area contributed by atoms with Gasteiger partial charge < -0.3 is 10.2 Å². The van der Waals surface area contributed by atoms with Crippen molar-refractivity contribution in [2.45, 2.75) is 46.1 Å². The van der Waals surface area contributed by atoms with Crippen LogP contribution in [-0.2, 0) is 6.54 Å². The highest BCUT2D eigenvalue weighted by Crippen LogP contribution is 2.26. The molecule has 1 aromatic carbocycles. The molecule has 0 saturated heterocycles. The van der Waals surface area contributed by atoms with E-state index in [2.05, 4.69) is 19.2 Å². The van der Waals surface area contributed by atoms with Crippen molar-refractivity contribution in [2.24, 2.45) is 0 Å². The van der Waals surface area contributed by atoms with Crippen LogP contribution in [0.25, 0.3) is 0 Å². The zero-order chi connectivity index (χ0) is 15.0. The van der Waals surface area contributed by atoms with Gasteiger partial charge in [-0.15, -0.1) is 0 Å². The molecular weight excluding hydrogens is 258 g/mol. The summed E-state index contributed by atoms with van der Waals surface area (Å²) in [7, 11) is 1.76. The van der Waals surface area contributed by atoms with Gasteiger partial charge in [0, 0.05) is 19.6 Å². The molecule has 1 N–H and O–H groups in total. The molecule has 0 fully saturated rings. The van der Waals surface area contributed by atoms with E-state index in [4.69, 9.17) is 0 Å². The summed E-state index contributed by atoms with van der Waals surface area (Å²) in [5.74, 6) is -0.912. The van der Waals surface area contributed by atoms with E-state index >= 15 is 0 Å². The van der Waals surface area contributed by atoms with Crippen molar-refractivity contribution in [2.75, 3.05) is 25.0 Å². The van der Waals surface area contributed by atoms with E-state index in [1.54, 1.807) is 7.05 Å². The molecule has 0 aliphatic rings. The van der Waals surface area contributed by atoms with Gasteiger partial charge in [0.25, 0.3) is 0 Å². The minimum atomic E-state index is -0.456. The average Bonchev–Trinajstić information content (AvgIpc) is 2.40. The summed E-state index contributed by atoms with van der Waals surface area (Å²) in [6.07, 6.45) is 3.93. The van der Waals surface area contributed by atoms with Crippen LogP contribution >= 0.6 is 0 Å². The normalized spacial score (nSPS) is 10.8. The average molecular weight is 284 g/mol. The molecule has 1 aromatic rings. The Balaban J connectivity index is 2.98. The first-order valence-corrected chi connectivity index (χ1v) is 7.51. The number of nitrogens with zero attached hydrogens (tertiary/aromatic N) is 1. The number of rotatable bonds is 9. The standard InChI is InChI=1S/C16H26F2N2/c1-4-6-8-20(9-7-5-2)16-14(17)10-13(12-19-3)11-15(16)18/h10-11,19H,4-9,12H2,1-3H3. The number of hydrogen-bond acceptors (Lipinski definition) is 2. The summed E-state index contributed by atoms with van der Waals surface area (Å²) in [6.45, 7) is 6.05. The van der Waals surface area contributed by atoms with Crippen LogP contribution < -0.4 is 10.2 Å². The third-order valence-corrected chi connectivity index (χ3v) is 3.34. The Labute approximate surface area is 121 Å². The fourth-order valence-corrected chi connectivity index (χ4v) is 2.26. The van der Waals surface area contributed by atoms with E-state index in [0.717, 1.165) is 25.7 Å². The highest BCUT2D eigenvalue weighted by molar-refractivity contribution is 5.50. The second-order valence-corrected chi connectivity index (χ2v) is 5.13. The van der Waals surface area contributed by atoms with Crippen molar-refractivity contribution in [3.63, 3.8) is 0 Å². The second-order valence-electron chi connectivity index (χ2n) is 5.13. The van der Waals surface area contributed by atoms with Gasteiger partial charge in [0.15, 0.2) is 0 Å². The van der Waals surface area contributed by atoms with Crippen molar-refractivity contribution in [3.8, 4) is 0 Å². The summed E-state index contributed by atoms with van der Waals surface area (Å²) in [5.41, 5.74) is 0.768. The van der Waals surface area contributed by atoms with Gasteiger partial charge in [0.05, 0.1) is 0 Å². The molecule has 0 aromatic heterocycles. The summed E-state index contributed by atoms with van der Waals surface area (Å²) >= 11 is 0. The van der Waals surface area contributed by atoms with Crippen LogP contribution in [0.4, 0.5) is 14.5 Å². The number of nitrogens with one attached hydrogen (secondary N) is 1. The number of unbranched alkanes of at least 4 members (excludes halogenated alkanes) is 2. The Morgan fingerprint density at radius 2 is 1.50 bits per heavy atom. The van der Waals surface area contributed by atoms with Crippen molar-refractivity contribution < 1.29 is 8.78 Å². The summed E-state index contributed by atoms with van der Waals surface area (Å²) in [5, 5.41) is 2.91. The van der Waals surface area contributed by atoms with Crippen molar-refractivity contribution >= 4 is 5.69 Å². The molecule has 0 radical (unpaired) electrons. The lowest BCUT2D eigenvalue weighted by molar-refractivity contribution is 0.557. The summed E-state index contributed by atoms with van der Waals surface area (Å²) in [4.78, 5) is 1.85. The predicted molar refractivity (Wildman–Crippen MR) is 81.2 cm³/mol. The maximum Gasteiger partial charge on any atom is 0.149 e. The number of anilines is 1. The van der Waals surface area contributed by atoms with Crippen molar-refractivity contribution in [3.05, 3.63) is 29.3 Å². The summed E-state index contributed by atoms with van der Waals surface area (Å²) < 4.78 is 28.5. The molecule has 114 valence electrons. The van der Waals surface area contributed by atoms with Crippen molar-refractivity contribution in [1.82, 2.24) is 5.32 Å². The van der Waals surface area contributed by atoms with Crippen LogP contribution in [0, 0.1) is 11.6 Å². The third-order valence-electron chi connectivity index (χ3n) is 3.34. The monoisotopic (exact) mass is 284 g/mol. The Kier molecular flexibility index (Phi) is 7.52. The second kappa shape index (κ2) is 8.90. The number of hydrogen-bond donors (Lipinski definition) is 1. The van der Waals surface area contributed by atoms with Crippen LogP contribution in [0.5, 0.6) is 0 Å². The topological polar surface area (TPSA) is 15.3 Å². The zero-order valence-electron chi connectivity index (χ0n) is 12.8. The van der Waals surface area contributed by atoms with E-state index in [1.807, 2.05) is 4.90 Å². The maximum absolute atomic E-state index is 14.2. The van der Waals surface area contributed by atoms with Gasteiger partial charge >= 0.3 is 0 Å². The Bertz CT molecular complexity index is 376. The first-order chi connectivity index (χ1) is 9.63. The Hall–Kier alpha value is -1.16. The highest BCUT2D eigenvalue weighted by atomic mass is 19.1. The van der Waals surface area contributed by atoms with Gasteiger partial charge in [-0.25, -0.2) is 8.78 Å². The largest absolute Gasteiger partial charge is 0.367 e. The molecular formula is C16H26F2N2. The molecule has 0 amide bonds. The van der Waals surface area contributed by atoms with E-state index in [0.29, 0.717) is 25.2 Å². The van der Waals surface area contributed by atoms with Gasteiger partial charge in [-0.2, -0.15) is 0 Å². The highest BCUT2D eigenvalue weighted by Gasteiger charge is 2.17. The van der Waals surface area contributed by atoms with Crippen LogP contribution in [0.1, 0.15) is 45.1 Å². The predicted octanol–water partition coefficient (Wildman–Crippen LogP) is 4.09. The fourth-order valence-electron chi connectivity index (χ4n) is 2.26. The first kappa shape index (κ1) is 16.9. The Morgan fingerprint density at radius 1 is 1.00 bits per heavy atom. The van der Waals surface area contributed by atoms with Gasteiger partial charge in [0.1, 0.15) is 17.3 Å². The third kappa shape index (κ3) is 4.75. The van der Waals surface area contributed by atoms with Gasteiger partial charge in [0.2, 0.25) is 0 Å². The van der Waals surface area contributed by atoms with Crippen molar-refractivity contribution in [1.29, 1.82) is 0 Å². The number of halogens is 2. The zero-order valence-corrected chi connectivity index (χ0v) is 12.8. The lowest BCUT2D eigenvalue weighted by Crippen LogP contribution is -2.27. The molecule has 20 heavy (non-hydrogen) atoms. The molecule has 0 aliphatic heterocycles. The lowest BCUT2D eigenvalue weighted by Gasteiger charge is -2.26. The molecule has 4 heteroatoms. The van der Waals surface area contributed by atoms with E-state index < -0.39 is 11.6 Å². The smallest absolute Gasteiger partial charge is 0.149 e. The van der Waals surface area contributed by atoms with Crippen LogP contribution in [0.15, 0.2) is 12.1 Å². The molecule has 0 heterocycles. The van der Waals surface area contributed by atoms with Gasteiger partial charge in [-0.05, 0) is 37.6 Å². The van der Waals surface area contributed by atoms with Crippen LogP contribution in [0.2, 0.25) is 0 Å². The van der Waals surface area contributed by atoms with Crippen LogP contribution in [0.3, 0.4) is 0 Å². The van der Waals surface area contributed by atoms with E-state index in [9.17, 15) is 8.78 Å². The lowest BCUT2D eigenvalue weighted by atomic mass is 10.1. The maximum atomic E-state index is 14.2. The molecule has 0 saturated carbocycles. The molecule has 0 unspecified atom stereocenters. The number of benzene rings is 1. The Morgan fingerprint density at radius 3 is 1.90 bits per heavy atom. The molecule has 1 rings (SSSR count). The SMILES string of the molecule is CCCCN(CCCC)c1c(F)cc(CNC)cc1F. The van der Waals surface area contributed by atoms with Gasteiger partial charge in [-0.3, -0.25) is 0 Å².